The van der Waals surface area contributed by atoms with Crippen molar-refractivity contribution in [2.75, 3.05) is 23.0 Å². The van der Waals surface area contributed by atoms with Crippen LogP contribution in [-0.2, 0) is 14.3 Å². The van der Waals surface area contributed by atoms with Crippen LogP contribution in [0.5, 0.6) is 0 Å². The molecular weight excluding hydrogens is 422 g/mol. The van der Waals surface area contributed by atoms with Crippen molar-refractivity contribution in [3.8, 4) is 0 Å². The molecule has 0 aliphatic carbocycles. The first-order chi connectivity index (χ1) is 14.4. The Bertz CT molecular complexity index is 1020. The van der Waals surface area contributed by atoms with Gasteiger partial charge in [-0.15, -0.1) is 0 Å². The van der Waals surface area contributed by atoms with E-state index in [0.29, 0.717) is 28.1 Å². The summed E-state index contributed by atoms with van der Waals surface area (Å²) < 4.78 is 5.05. The van der Waals surface area contributed by atoms with Crippen molar-refractivity contribution in [3.05, 3.63) is 64.8 Å². The number of carbonyl (C=O) groups excluding carboxylic acids is 2. The van der Waals surface area contributed by atoms with E-state index in [1.807, 2.05) is 43.3 Å². The molecule has 0 saturated carbocycles. The van der Waals surface area contributed by atoms with Gasteiger partial charge in [-0.3, -0.25) is 9.59 Å². The van der Waals surface area contributed by atoms with E-state index in [4.69, 9.17) is 16.3 Å². The molecule has 0 spiro atoms. The van der Waals surface area contributed by atoms with Gasteiger partial charge in [-0.25, -0.2) is 4.99 Å². The normalized spacial score (nSPS) is 12.6. The summed E-state index contributed by atoms with van der Waals surface area (Å²) >= 11 is 7.40. The zero-order chi connectivity index (χ0) is 21.5. The van der Waals surface area contributed by atoms with Gasteiger partial charge in [-0.1, -0.05) is 41.6 Å². The number of hydrogen-bond donors (Lipinski definition) is 2. The Morgan fingerprint density at radius 3 is 2.80 bits per heavy atom. The zero-order valence-corrected chi connectivity index (χ0v) is 18.3. The number of para-hydroxylation sites is 2. The summed E-state index contributed by atoms with van der Waals surface area (Å²) in [7, 11) is 0. The highest BCUT2D eigenvalue weighted by Gasteiger charge is 2.15. The summed E-state index contributed by atoms with van der Waals surface area (Å²) in [6.45, 7) is 3.99. The van der Waals surface area contributed by atoms with Crippen molar-refractivity contribution in [1.82, 2.24) is 0 Å². The molecule has 3 rings (SSSR count). The van der Waals surface area contributed by atoms with Gasteiger partial charge in [-0.05, 0) is 49.8 Å². The monoisotopic (exact) mass is 443 g/mol. The van der Waals surface area contributed by atoms with Crippen LogP contribution < -0.4 is 10.6 Å². The number of thioether (sulfide) groups is 1. The Morgan fingerprint density at radius 2 is 2.03 bits per heavy atom. The van der Waals surface area contributed by atoms with E-state index in [0.717, 1.165) is 16.9 Å². The van der Waals surface area contributed by atoms with E-state index in [1.165, 1.54) is 11.8 Å². The van der Waals surface area contributed by atoms with Gasteiger partial charge in [0, 0.05) is 16.4 Å². The number of hydrogen-bond acceptors (Lipinski definition) is 6. The van der Waals surface area contributed by atoms with Crippen LogP contribution in [0.25, 0.3) is 0 Å². The molecule has 0 radical (unpaired) electrons. The van der Waals surface area contributed by atoms with Gasteiger partial charge >= 0.3 is 5.97 Å². The lowest BCUT2D eigenvalue weighted by molar-refractivity contribution is -0.142. The third-order valence-corrected chi connectivity index (χ3v) is 5.49. The number of aryl methyl sites for hydroxylation is 1. The van der Waals surface area contributed by atoms with Crippen molar-refractivity contribution in [3.63, 3.8) is 0 Å². The molecule has 1 aliphatic rings. The fraction of sp³-hybridized carbons (Fsp3) is 0.227. The summed E-state index contributed by atoms with van der Waals surface area (Å²) in [5.41, 5.74) is 3.78. The maximum Gasteiger partial charge on any atom is 0.311 e. The summed E-state index contributed by atoms with van der Waals surface area (Å²) in [6.07, 6.45) is 1.87. The molecular formula is C22H22ClN3O3S. The number of benzene rings is 2. The lowest BCUT2D eigenvalue weighted by atomic mass is 10.2. The summed E-state index contributed by atoms with van der Waals surface area (Å²) in [4.78, 5) is 29.0. The molecule has 1 aliphatic heterocycles. The van der Waals surface area contributed by atoms with E-state index in [1.54, 1.807) is 19.1 Å². The number of amides is 1. The number of halogens is 1. The van der Waals surface area contributed by atoms with E-state index in [2.05, 4.69) is 15.6 Å². The van der Waals surface area contributed by atoms with Crippen LogP contribution in [0.2, 0.25) is 5.02 Å². The molecule has 0 saturated heterocycles. The number of fused-ring (bicyclic) bond motifs is 1. The first-order valence-electron chi connectivity index (χ1n) is 9.44. The second-order valence-electron chi connectivity index (χ2n) is 6.54. The van der Waals surface area contributed by atoms with Crippen LogP contribution >= 0.6 is 23.4 Å². The number of anilines is 2. The maximum absolute atomic E-state index is 12.4. The van der Waals surface area contributed by atoms with Gasteiger partial charge in [0.25, 0.3) is 0 Å². The number of carbonyl (C=O) groups is 2. The molecule has 6 nitrogen and oxygen atoms in total. The lowest BCUT2D eigenvalue weighted by Crippen LogP contribution is -2.15. The number of esters is 1. The van der Waals surface area contributed by atoms with E-state index >= 15 is 0 Å². The van der Waals surface area contributed by atoms with Crippen LogP contribution in [0, 0.1) is 6.92 Å². The average molecular weight is 444 g/mol. The number of rotatable bonds is 6. The Labute approximate surface area is 184 Å². The SMILES string of the molecule is CCOC(=O)CC1=CC(SCC(=O)Nc2ccc(C)c(Cl)c2)=Nc2ccccc2N1. The lowest BCUT2D eigenvalue weighted by Gasteiger charge is -2.10. The standard InChI is InChI=1S/C22H22ClN3O3S/c1-3-29-22(28)12-16-11-21(26-19-7-5-4-6-18(19)24-16)30-13-20(27)25-15-9-8-14(2)17(23)10-15/h4-11,24H,3,12-13H2,1-2H3,(H,25,27). The molecule has 2 aromatic carbocycles. The highest BCUT2D eigenvalue weighted by Crippen LogP contribution is 2.31. The van der Waals surface area contributed by atoms with Gasteiger partial charge in [0.2, 0.25) is 5.91 Å². The van der Waals surface area contributed by atoms with Crippen molar-refractivity contribution < 1.29 is 14.3 Å². The average Bonchev–Trinajstić information content (AvgIpc) is 2.88. The molecule has 0 aromatic heterocycles. The number of nitrogens with one attached hydrogen (secondary N) is 2. The van der Waals surface area contributed by atoms with Crippen molar-refractivity contribution in [2.24, 2.45) is 4.99 Å². The van der Waals surface area contributed by atoms with E-state index < -0.39 is 0 Å². The zero-order valence-electron chi connectivity index (χ0n) is 16.7. The van der Waals surface area contributed by atoms with Crippen molar-refractivity contribution >= 4 is 57.3 Å². The van der Waals surface area contributed by atoms with Gasteiger partial charge < -0.3 is 15.4 Å². The smallest absolute Gasteiger partial charge is 0.311 e. The number of nitrogens with zero attached hydrogens (tertiary/aromatic N) is 1. The summed E-state index contributed by atoms with van der Waals surface area (Å²) in [5.74, 6) is -0.335. The first kappa shape index (κ1) is 21.9. The molecule has 30 heavy (non-hydrogen) atoms. The Hall–Kier alpha value is -2.77. The predicted molar refractivity (Wildman–Crippen MR) is 124 cm³/mol. The first-order valence-corrected chi connectivity index (χ1v) is 10.8. The topological polar surface area (TPSA) is 79.8 Å². The molecule has 156 valence electrons. The predicted octanol–water partition coefficient (Wildman–Crippen LogP) is 5.31. The molecule has 2 N–H and O–H groups in total. The fourth-order valence-electron chi connectivity index (χ4n) is 2.73. The van der Waals surface area contributed by atoms with Gasteiger partial charge in [0.05, 0.1) is 35.2 Å². The molecule has 8 heteroatoms. The van der Waals surface area contributed by atoms with Crippen LogP contribution in [-0.4, -0.2) is 29.3 Å². The quantitative estimate of drug-likeness (QED) is 0.591. The molecule has 1 heterocycles. The number of aliphatic imine (C=N–C) groups is 1. The van der Waals surface area contributed by atoms with Crippen molar-refractivity contribution in [1.29, 1.82) is 0 Å². The minimum Gasteiger partial charge on any atom is -0.466 e. The second kappa shape index (κ2) is 10.3. The molecule has 0 atom stereocenters. The third-order valence-electron chi connectivity index (χ3n) is 4.17. The highest BCUT2D eigenvalue weighted by molar-refractivity contribution is 8.14. The van der Waals surface area contributed by atoms with E-state index in [9.17, 15) is 9.59 Å². The highest BCUT2D eigenvalue weighted by atomic mass is 35.5. The van der Waals surface area contributed by atoms with Gasteiger partial charge in [-0.2, -0.15) is 0 Å². The largest absolute Gasteiger partial charge is 0.466 e. The Morgan fingerprint density at radius 1 is 1.23 bits per heavy atom. The minimum absolute atomic E-state index is 0.0931. The van der Waals surface area contributed by atoms with Crippen LogP contribution in [0.4, 0.5) is 17.1 Å². The Kier molecular flexibility index (Phi) is 7.54. The summed E-state index contributed by atoms with van der Waals surface area (Å²) in [6, 6.07) is 12.9. The van der Waals surface area contributed by atoms with Gasteiger partial charge in [0.15, 0.2) is 0 Å². The molecule has 0 fully saturated rings. The minimum atomic E-state index is -0.325. The number of ether oxygens (including phenoxy) is 1. The molecule has 0 unspecified atom stereocenters. The molecule has 1 amide bonds. The second-order valence-corrected chi connectivity index (χ2v) is 7.95. The third kappa shape index (κ3) is 6.11. The summed E-state index contributed by atoms with van der Waals surface area (Å²) in [5, 5.41) is 7.30. The van der Waals surface area contributed by atoms with Crippen LogP contribution in [0.1, 0.15) is 18.9 Å². The Balaban J connectivity index is 1.71. The van der Waals surface area contributed by atoms with Gasteiger partial charge in [0.1, 0.15) is 0 Å². The van der Waals surface area contributed by atoms with Crippen molar-refractivity contribution in [2.45, 2.75) is 20.3 Å². The molecule has 2 aromatic rings. The van der Waals surface area contributed by atoms with E-state index in [-0.39, 0.29) is 24.1 Å². The fourth-order valence-corrected chi connectivity index (χ4v) is 3.65. The van der Waals surface area contributed by atoms with Crippen LogP contribution in [0.15, 0.2) is 59.2 Å². The maximum atomic E-state index is 12.4. The molecule has 0 bridgehead atoms. The van der Waals surface area contributed by atoms with Crippen LogP contribution in [0.3, 0.4) is 0 Å².